The van der Waals surface area contributed by atoms with Crippen LogP contribution in [0.2, 0.25) is 5.02 Å². The van der Waals surface area contributed by atoms with Crippen LogP contribution in [0.3, 0.4) is 0 Å². The second-order valence-corrected chi connectivity index (χ2v) is 8.63. The minimum absolute atomic E-state index is 0.0762. The Morgan fingerprint density at radius 2 is 2.09 bits per heavy atom. The smallest absolute Gasteiger partial charge is 0.261 e. The number of nitrogens with one attached hydrogen (secondary N) is 1. The van der Waals surface area contributed by atoms with Gasteiger partial charge >= 0.3 is 0 Å². The maximum absolute atomic E-state index is 12.8. The first-order valence-corrected chi connectivity index (χ1v) is 9.61. The van der Waals surface area contributed by atoms with Crippen molar-refractivity contribution in [1.82, 2.24) is 10.2 Å². The predicted molar refractivity (Wildman–Crippen MR) is 94.4 cm³/mol. The molecule has 1 N–H and O–H groups in total. The van der Waals surface area contributed by atoms with Crippen LogP contribution in [0.15, 0.2) is 24.3 Å². The highest BCUT2D eigenvalue weighted by molar-refractivity contribution is 7.20. The zero-order valence-electron chi connectivity index (χ0n) is 12.8. The van der Waals surface area contributed by atoms with Gasteiger partial charge in [0, 0.05) is 20.6 Å². The third kappa shape index (κ3) is 2.08. The molecule has 4 heterocycles. The van der Waals surface area contributed by atoms with Crippen LogP contribution < -0.4 is 5.32 Å². The maximum atomic E-state index is 12.8. The second-order valence-electron chi connectivity index (χ2n) is 7.14. The Bertz CT molecular complexity index is 789. The van der Waals surface area contributed by atoms with E-state index in [1.54, 1.807) is 0 Å². The zero-order valence-corrected chi connectivity index (χ0v) is 14.4. The number of nitrogens with zero attached hydrogens (tertiary/aromatic N) is 1. The zero-order chi connectivity index (χ0) is 15.6. The van der Waals surface area contributed by atoms with Gasteiger partial charge in [-0.25, -0.2) is 0 Å². The molecule has 3 aliphatic heterocycles. The molecule has 0 radical (unpaired) electrons. The van der Waals surface area contributed by atoms with Gasteiger partial charge in [0.2, 0.25) is 0 Å². The Hall–Kier alpha value is -1.10. The van der Waals surface area contributed by atoms with E-state index in [4.69, 9.17) is 11.6 Å². The van der Waals surface area contributed by atoms with Crippen molar-refractivity contribution in [2.45, 2.75) is 37.3 Å². The molecule has 1 spiro atoms. The first-order chi connectivity index (χ1) is 11.2. The lowest BCUT2D eigenvalue weighted by Crippen LogP contribution is -2.65. The number of carbonyl (C=O) groups is 1. The monoisotopic (exact) mass is 346 g/mol. The number of amides is 1. The van der Waals surface area contributed by atoms with Gasteiger partial charge < -0.3 is 5.32 Å². The molecule has 3 nitrogen and oxygen atoms in total. The molecular formula is C18H19ClN2OS. The van der Waals surface area contributed by atoms with Crippen molar-refractivity contribution in [1.29, 1.82) is 0 Å². The largest absolute Gasteiger partial charge is 0.346 e. The van der Waals surface area contributed by atoms with Crippen LogP contribution in [0, 0.1) is 5.92 Å². The molecule has 1 saturated carbocycles. The van der Waals surface area contributed by atoms with Crippen molar-refractivity contribution in [2.75, 3.05) is 13.1 Å². The van der Waals surface area contributed by atoms with Crippen LogP contribution in [-0.4, -0.2) is 35.5 Å². The third-order valence-corrected chi connectivity index (χ3v) is 7.43. The number of piperidine rings is 3. The molecule has 4 fully saturated rings. The van der Waals surface area contributed by atoms with Crippen LogP contribution in [0.25, 0.3) is 10.1 Å². The summed E-state index contributed by atoms with van der Waals surface area (Å²) in [5.74, 6) is 0.733. The fourth-order valence-electron chi connectivity index (χ4n) is 4.67. The van der Waals surface area contributed by atoms with Crippen molar-refractivity contribution < 1.29 is 4.79 Å². The van der Waals surface area contributed by atoms with Gasteiger partial charge in [0.25, 0.3) is 5.91 Å². The van der Waals surface area contributed by atoms with E-state index in [1.807, 2.05) is 24.3 Å². The number of carbonyl (C=O) groups excluding carboxylic acids is 1. The minimum Gasteiger partial charge on any atom is -0.346 e. The Morgan fingerprint density at radius 3 is 2.78 bits per heavy atom. The summed E-state index contributed by atoms with van der Waals surface area (Å²) < 4.78 is 1.08. The van der Waals surface area contributed by atoms with Crippen LogP contribution in [0.1, 0.15) is 35.4 Å². The number of benzene rings is 1. The van der Waals surface area contributed by atoms with Gasteiger partial charge in [0.15, 0.2) is 0 Å². The van der Waals surface area contributed by atoms with Crippen LogP contribution in [0.4, 0.5) is 0 Å². The molecule has 3 saturated heterocycles. The van der Waals surface area contributed by atoms with Crippen molar-refractivity contribution >= 4 is 38.9 Å². The standard InChI is InChI=1S/C18H19ClN2OS/c19-13-2-1-3-14-12(13)10-15(23-14)17(22)20-16-11-4-8-21(9-5-11)18(16)6-7-18/h1-3,10-11,16H,4-9H2,(H,20,22). The molecule has 1 unspecified atom stereocenters. The van der Waals surface area contributed by atoms with Crippen molar-refractivity contribution in [3.63, 3.8) is 0 Å². The summed E-state index contributed by atoms with van der Waals surface area (Å²) >= 11 is 7.78. The Balaban J connectivity index is 1.43. The quantitative estimate of drug-likeness (QED) is 0.894. The predicted octanol–water partition coefficient (Wildman–Crippen LogP) is 3.91. The highest BCUT2D eigenvalue weighted by atomic mass is 35.5. The summed E-state index contributed by atoms with van der Waals surface area (Å²) in [4.78, 5) is 16.2. The van der Waals surface area contributed by atoms with Crippen molar-refractivity contribution in [2.24, 2.45) is 5.92 Å². The van der Waals surface area contributed by atoms with Crippen molar-refractivity contribution in [3.8, 4) is 0 Å². The number of fused-ring (bicyclic) bond motifs is 3. The molecule has 2 bridgehead atoms. The second kappa shape index (κ2) is 4.95. The van der Waals surface area contributed by atoms with Gasteiger partial charge in [-0.05, 0) is 62.9 Å². The Kier molecular flexibility index (Phi) is 3.07. The number of thiophene rings is 1. The topological polar surface area (TPSA) is 32.3 Å². The van der Waals surface area contributed by atoms with Gasteiger partial charge in [-0.2, -0.15) is 0 Å². The van der Waals surface area contributed by atoms with E-state index < -0.39 is 0 Å². The van der Waals surface area contributed by atoms with Gasteiger partial charge in [0.05, 0.1) is 10.9 Å². The summed E-state index contributed by atoms with van der Waals surface area (Å²) in [5.41, 5.74) is 0.283. The number of hydrogen-bond acceptors (Lipinski definition) is 3. The lowest BCUT2D eigenvalue weighted by Gasteiger charge is -2.52. The summed E-state index contributed by atoms with van der Waals surface area (Å²) in [6.07, 6.45) is 4.94. The highest BCUT2D eigenvalue weighted by Gasteiger charge is 2.60. The van der Waals surface area contributed by atoms with E-state index in [9.17, 15) is 4.79 Å². The molecule has 1 atom stereocenters. The number of rotatable bonds is 2. The molecule has 1 aliphatic carbocycles. The summed E-state index contributed by atoms with van der Waals surface area (Å²) in [5, 5.41) is 5.09. The molecule has 23 heavy (non-hydrogen) atoms. The van der Waals surface area contributed by atoms with E-state index in [1.165, 1.54) is 50.1 Å². The normalized spacial score (nSPS) is 30.7. The average Bonchev–Trinajstić information content (AvgIpc) is 3.21. The molecule has 5 heteroatoms. The van der Waals surface area contributed by atoms with Crippen LogP contribution >= 0.6 is 22.9 Å². The SMILES string of the molecule is O=C(NC1C2CCN(CC2)C12CC2)c1cc2c(Cl)cccc2s1. The van der Waals surface area contributed by atoms with Gasteiger partial charge in [-0.15, -0.1) is 11.3 Å². The summed E-state index contributed by atoms with van der Waals surface area (Å²) in [6.45, 7) is 2.44. The maximum Gasteiger partial charge on any atom is 0.261 e. The molecule has 2 aromatic rings. The van der Waals surface area contributed by atoms with Gasteiger partial charge in [-0.3, -0.25) is 9.69 Å². The fraction of sp³-hybridized carbons (Fsp3) is 0.500. The van der Waals surface area contributed by atoms with Gasteiger partial charge in [0.1, 0.15) is 0 Å². The Morgan fingerprint density at radius 1 is 1.30 bits per heavy atom. The lowest BCUT2D eigenvalue weighted by atomic mass is 9.77. The molecule has 120 valence electrons. The average molecular weight is 347 g/mol. The van der Waals surface area contributed by atoms with E-state index in [2.05, 4.69) is 10.2 Å². The van der Waals surface area contributed by atoms with Crippen LogP contribution in [0.5, 0.6) is 0 Å². The van der Waals surface area contributed by atoms with E-state index in [0.717, 1.165) is 20.0 Å². The number of hydrogen-bond donors (Lipinski definition) is 1. The molecule has 1 aromatic heterocycles. The first kappa shape index (κ1) is 14.3. The van der Waals surface area contributed by atoms with Crippen LogP contribution in [-0.2, 0) is 0 Å². The van der Waals surface area contributed by atoms with Gasteiger partial charge in [-0.1, -0.05) is 17.7 Å². The molecule has 1 amide bonds. The van der Waals surface area contributed by atoms with E-state index in [-0.39, 0.29) is 11.4 Å². The Labute approximate surface area is 144 Å². The molecular weight excluding hydrogens is 328 g/mol. The summed E-state index contributed by atoms with van der Waals surface area (Å²) in [7, 11) is 0. The number of halogens is 1. The molecule has 1 aromatic carbocycles. The summed E-state index contributed by atoms with van der Waals surface area (Å²) in [6, 6.07) is 8.12. The van der Waals surface area contributed by atoms with E-state index >= 15 is 0 Å². The fourth-order valence-corrected chi connectivity index (χ4v) is 5.95. The highest BCUT2D eigenvalue weighted by Crippen LogP contribution is 2.53. The molecule has 4 aliphatic rings. The lowest BCUT2D eigenvalue weighted by molar-refractivity contribution is -0.00138. The molecule has 6 rings (SSSR count). The minimum atomic E-state index is 0.0762. The first-order valence-electron chi connectivity index (χ1n) is 8.41. The van der Waals surface area contributed by atoms with E-state index in [0.29, 0.717) is 12.0 Å². The third-order valence-electron chi connectivity index (χ3n) is 6.00. The van der Waals surface area contributed by atoms with Crippen molar-refractivity contribution in [3.05, 3.63) is 34.2 Å².